The number of nitrogens with zero attached hydrogens (tertiary/aromatic N) is 3. The van der Waals surface area contributed by atoms with E-state index in [0.29, 0.717) is 30.2 Å². The van der Waals surface area contributed by atoms with Crippen LogP contribution in [0.1, 0.15) is 18.2 Å². The number of phenolic OH excluding ortho intramolecular Hbond substituents is 1. The monoisotopic (exact) mass is 276 g/mol. The Bertz CT molecular complexity index is 637. The van der Waals surface area contributed by atoms with Gasteiger partial charge in [0.1, 0.15) is 11.4 Å². The molecule has 1 aromatic carbocycles. The smallest absolute Gasteiger partial charge is 0.333 e. The highest BCUT2D eigenvalue weighted by atomic mass is 16.6. The van der Waals surface area contributed by atoms with Crippen LogP contribution in [-0.4, -0.2) is 19.8 Å². The minimum atomic E-state index is -0.443. The Morgan fingerprint density at radius 2 is 2.15 bits per heavy atom. The highest BCUT2D eigenvalue weighted by Gasteiger charge is 2.24. The SMILES string of the molecule is CCn1nc(C)c([N+](=O)[O-])c1NCc1ccccc1O. The van der Waals surface area contributed by atoms with Crippen LogP contribution in [0.4, 0.5) is 11.5 Å². The quantitative estimate of drug-likeness (QED) is 0.646. The van der Waals surface area contributed by atoms with E-state index in [1.807, 2.05) is 6.92 Å². The number of aromatic nitrogens is 2. The standard InChI is InChI=1S/C13H16N4O3/c1-3-16-13(12(17(19)20)9(2)15-16)14-8-10-6-4-5-7-11(10)18/h4-7,14,18H,3,8H2,1-2H3. The van der Waals surface area contributed by atoms with Gasteiger partial charge in [-0.25, -0.2) is 4.68 Å². The molecular weight excluding hydrogens is 260 g/mol. The summed E-state index contributed by atoms with van der Waals surface area (Å²) in [4.78, 5) is 10.7. The summed E-state index contributed by atoms with van der Waals surface area (Å²) in [6.45, 7) is 4.28. The van der Waals surface area contributed by atoms with E-state index in [1.165, 1.54) is 0 Å². The lowest BCUT2D eigenvalue weighted by Crippen LogP contribution is -2.08. The molecule has 0 amide bonds. The fraction of sp³-hybridized carbons (Fsp3) is 0.308. The molecule has 7 heteroatoms. The average Bonchev–Trinajstić information content (AvgIpc) is 2.74. The van der Waals surface area contributed by atoms with Gasteiger partial charge in [-0.2, -0.15) is 5.10 Å². The van der Waals surface area contributed by atoms with Crippen molar-refractivity contribution in [3.63, 3.8) is 0 Å². The second-order valence-corrected chi connectivity index (χ2v) is 4.34. The first-order chi connectivity index (χ1) is 9.54. The molecule has 0 radical (unpaired) electrons. The maximum absolute atomic E-state index is 11.1. The van der Waals surface area contributed by atoms with Gasteiger partial charge in [-0.1, -0.05) is 18.2 Å². The van der Waals surface area contributed by atoms with Gasteiger partial charge in [0.05, 0.1) is 4.92 Å². The molecule has 1 aromatic heterocycles. The molecule has 0 aliphatic carbocycles. The lowest BCUT2D eigenvalue weighted by Gasteiger charge is -2.08. The first-order valence-corrected chi connectivity index (χ1v) is 6.27. The second kappa shape index (κ2) is 5.60. The number of hydrogen-bond acceptors (Lipinski definition) is 5. The van der Waals surface area contributed by atoms with E-state index in [1.54, 1.807) is 35.9 Å². The lowest BCUT2D eigenvalue weighted by molar-refractivity contribution is -0.384. The Hall–Kier alpha value is -2.57. The van der Waals surface area contributed by atoms with Gasteiger partial charge in [0, 0.05) is 18.7 Å². The number of benzene rings is 1. The predicted octanol–water partition coefficient (Wildman–Crippen LogP) is 2.44. The van der Waals surface area contributed by atoms with Crippen molar-refractivity contribution in [2.24, 2.45) is 0 Å². The van der Waals surface area contributed by atoms with Crippen LogP contribution in [0.2, 0.25) is 0 Å². The number of nitrogens with one attached hydrogen (secondary N) is 1. The molecule has 2 aromatic rings. The summed E-state index contributed by atoms with van der Waals surface area (Å²) in [6, 6.07) is 6.86. The van der Waals surface area contributed by atoms with Crippen molar-refractivity contribution in [1.29, 1.82) is 0 Å². The third-order valence-electron chi connectivity index (χ3n) is 3.02. The number of phenols is 1. The van der Waals surface area contributed by atoms with E-state index >= 15 is 0 Å². The van der Waals surface area contributed by atoms with E-state index in [-0.39, 0.29) is 11.4 Å². The van der Waals surface area contributed by atoms with Crippen LogP contribution >= 0.6 is 0 Å². The minimum Gasteiger partial charge on any atom is -0.508 e. The number of aryl methyl sites for hydroxylation is 2. The first kappa shape index (κ1) is 13.9. The number of rotatable bonds is 5. The zero-order valence-corrected chi connectivity index (χ0v) is 11.3. The number of para-hydroxylation sites is 1. The van der Waals surface area contributed by atoms with Crippen molar-refractivity contribution in [2.45, 2.75) is 26.9 Å². The normalized spacial score (nSPS) is 10.5. The van der Waals surface area contributed by atoms with E-state index in [9.17, 15) is 15.2 Å². The molecule has 0 aliphatic heterocycles. The lowest BCUT2D eigenvalue weighted by atomic mass is 10.2. The summed E-state index contributed by atoms with van der Waals surface area (Å²) in [6.07, 6.45) is 0. The molecule has 7 nitrogen and oxygen atoms in total. The first-order valence-electron chi connectivity index (χ1n) is 6.27. The van der Waals surface area contributed by atoms with E-state index < -0.39 is 4.92 Å². The third kappa shape index (κ3) is 2.56. The van der Waals surface area contributed by atoms with Crippen molar-refractivity contribution in [3.8, 4) is 5.75 Å². The van der Waals surface area contributed by atoms with Crippen LogP contribution < -0.4 is 5.32 Å². The van der Waals surface area contributed by atoms with E-state index in [2.05, 4.69) is 10.4 Å². The molecule has 0 saturated carbocycles. The molecule has 2 rings (SSSR count). The van der Waals surface area contributed by atoms with Gasteiger partial charge in [0.2, 0.25) is 5.82 Å². The van der Waals surface area contributed by atoms with Gasteiger partial charge in [-0.3, -0.25) is 10.1 Å². The molecule has 0 saturated heterocycles. The second-order valence-electron chi connectivity index (χ2n) is 4.34. The summed E-state index contributed by atoms with van der Waals surface area (Å²) in [7, 11) is 0. The van der Waals surface area contributed by atoms with E-state index in [0.717, 1.165) is 0 Å². The van der Waals surface area contributed by atoms with Crippen LogP contribution in [0.25, 0.3) is 0 Å². The molecule has 0 fully saturated rings. The molecule has 0 spiro atoms. The van der Waals surface area contributed by atoms with Gasteiger partial charge < -0.3 is 10.4 Å². The van der Waals surface area contributed by atoms with Gasteiger partial charge in [-0.05, 0) is 19.9 Å². The predicted molar refractivity (Wildman–Crippen MR) is 74.7 cm³/mol. The van der Waals surface area contributed by atoms with E-state index in [4.69, 9.17) is 0 Å². The van der Waals surface area contributed by atoms with Crippen LogP contribution in [0.5, 0.6) is 5.75 Å². The summed E-state index contributed by atoms with van der Waals surface area (Å²) in [5, 5.41) is 27.9. The summed E-state index contributed by atoms with van der Waals surface area (Å²) >= 11 is 0. The third-order valence-corrected chi connectivity index (χ3v) is 3.02. The maximum Gasteiger partial charge on any atom is 0.333 e. The minimum absolute atomic E-state index is 0.0257. The summed E-state index contributed by atoms with van der Waals surface area (Å²) in [5.74, 6) is 0.514. The molecule has 20 heavy (non-hydrogen) atoms. The molecule has 1 heterocycles. The van der Waals surface area contributed by atoms with Gasteiger partial charge in [0.15, 0.2) is 0 Å². The van der Waals surface area contributed by atoms with Gasteiger partial charge in [-0.15, -0.1) is 0 Å². The van der Waals surface area contributed by atoms with Crippen LogP contribution in [-0.2, 0) is 13.1 Å². The highest BCUT2D eigenvalue weighted by molar-refractivity contribution is 5.60. The molecule has 2 N–H and O–H groups in total. The topological polar surface area (TPSA) is 93.2 Å². The van der Waals surface area contributed by atoms with Crippen molar-refractivity contribution in [3.05, 3.63) is 45.6 Å². The van der Waals surface area contributed by atoms with Gasteiger partial charge >= 0.3 is 5.69 Å². The number of anilines is 1. The zero-order chi connectivity index (χ0) is 14.7. The van der Waals surface area contributed by atoms with Crippen LogP contribution in [0.3, 0.4) is 0 Å². The fourth-order valence-electron chi connectivity index (χ4n) is 2.03. The Kier molecular flexibility index (Phi) is 3.88. The van der Waals surface area contributed by atoms with Crippen molar-refractivity contribution in [2.75, 3.05) is 5.32 Å². The average molecular weight is 276 g/mol. The number of hydrogen-bond donors (Lipinski definition) is 2. The number of aromatic hydroxyl groups is 1. The largest absolute Gasteiger partial charge is 0.508 e. The molecular formula is C13H16N4O3. The molecule has 0 atom stereocenters. The highest BCUT2D eigenvalue weighted by Crippen LogP contribution is 2.29. The molecule has 0 unspecified atom stereocenters. The summed E-state index contributed by atoms with van der Waals surface area (Å²) < 4.78 is 1.55. The van der Waals surface area contributed by atoms with Crippen LogP contribution in [0, 0.1) is 17.0 Å². The van der Waals surface area contributed by atoms with Crippen molar-refractivity contribution >= 4 is 11.5 Å². The Morgan fingerprint density at radius 3 is 2.75 bits per heavy atom. The van der Waals surface area contributed by atoms with Crippen molar-refractivity contribution in [1.82, 2.24) is 9.78 Å². The Labute approximate surface area is 116 Å². The van der Waals surface area contributed by atoms with Crippen molar-refractivity contribution < 1.29 is 10.0 Å². The fourth-order valence-corrected chi connectivity index (χ4v) is 2.03. The Balaban J connectivity index is 2.29. The van der Waals surface area contributed by atoms with Crippen LogP contribution in [0.15, 0.2) is 24.3 Å². The molecule has 0 aliphatic rings. The zero-order valence-electron chi connectivity index (χ0n) is 11.3. The number of nitro groups is 1. The summed E-state index contributed by atoms with van der Waals surface area (Å²) in [5.41, 5.74) is 1.02. The van der Waals surface area contributed by atoms with Gasteiger partial charge in [0.25, 0.3) is 0 Å². The molecule has 0 bridgehead atoms. The molecule has 106 valence electrons. The maximum atomic E-state index is 11.1. The Morgan fingerprint density at radius 1 is 1.45 bits per heavy atom.